The Morgan fingerprint density at radius 1 is 0.800 bits per heavy atom. The number of ether oxygens (including phenoxy) is 1. The number of para-hydroxylation sites is 1. The number of nitrogens with one attached hydrogen (secondary N) is 2. The van der Waals surface area contributed by atoms with Crippen molar-refractivity contribution in [3.05, 3.63) is 109 Å². The lowest BCUT2D eigenvalue weighted by Crippen LogP contribution is -2.12. The highest BCUT2D eigenvalue weighted by molar-refractivity contribution is 6.04. The number of hydrogen-bond acceptors (Lipinski definition) is 5. The molecule has 0 radical (unpaired) electrons. The maximum absolute atomic E-state index is 12.6. The van der Waals surface area contributed by atoms with Gasteiger partial charge in [-0.05, 0) is 60.2 Å². The fourth-order valence-corrected chi connectivity index (χ4v) is 2.80. The zero-order valence-corrected chi connectivity index (χ0v) is 16.2. The molecule has 6 heteroatoms. The second-order valence-electron chi connectivity index (χ2n) is 6.56. The third-order valence-electron chi connectivity index (χ3n) is 4.34. The molecule has 2 N–H and O–H groups in total. The minimum atomic E-state index is -0.230. The Balaban J connectivity index is 1.36. The predicted octanol–water partition coefficient (Wildman–Crippen LogP) is 5.13. The number of carbonyl (C=O) groups excluding carboxylic acids is 1. The number of anilines is 2. The molecule has 148 valence electrons. The number of amides is 1. The quantitative estimate of drug-likeness (QED) is 0.453. The summed E-state index contributed by atoms with van der Waals surface area (Å²) in [5.41, 5.74) is 3.01. The summed E-state index contributed by atoms with van der Waals surface area (Å²) in [4.78, 5) is 20.8. The first-order valence-corrected chi connectivity index (χ1v) is 9.48. The van der Waals surface area contributed by atoms with Gasteiger partial charge in [-0.25, -0.2) is 0 Å². The first kappa shape index (κ1) is 19.1. The molecular formula is C24H20N4O2. The molecule has 0 saturated carbocycles. The highest BCUT2D eigenvalue weighted by Crippen LogP contribution is 2.23. The minimum absolute atomic E-state index is 0.230. The molecule has 2 heterocycles. The van der Waals surface area contributed by atoms with Gasteiger partial charge in [-0.1, -0.05) is 18.2 Å². The van der Waals surface area contributed by atoms with Crippen LogP contribution in [0.3, 0.4) is 0 Å². The van der Waals surface area contributed by atoms with Crippen LogP contribution in [-0.2, 0) is 6.54 Å². The van der Waals surface area contributed by atoms with Crippen LogP contribution in [0.5, 0.6) is 11.5 Å². The summed E-state index contributed by atoms with van der Waals surface area (Å²) >= 11 is 0. The fraction of sp³-hybridized carbons (Fsp3) is 0.0417. The Morgan fingerprint density at radius 3 is 2.30 bits per heavy atom. The van der Waals surface area contributed by atoms with E-state index < -0.39 is 0 Å². The zero-order valence-electron chi connectivity index (χ0n) is 16.2. The average Bonchev–Trinajstić information content (AvgIpc) is 2.80. The molecule has 4 rings (SSSR count). The van der Waals surface area contributed by atoms with Crippen molar-refractivity contribution >= 4 is 17.3 Å². The third kappa shape index (κ3) is 5.20. The van der Waals surface area contributed by atoms with E-state index in [0.29, 0.717) is 23.5 Å². The van der Waals surface area contributed by atoms with Crippen LogP contribution in [-0.4, -0.2) is 15.9 Å². The van der Waals surface area contributed by atoms with Crippen LogP contribution in [0.25, 0.3) is 0 Å². The predicted molar refractivity (Wildman–Crippen MR) is 117 cm³/mol. The molecule has 0 bridgehead atoms. The smallest absolute Gasteiger partial charge is 0.257 e. The van der Waals surface area contributed by atoms with E-state index in [2.05, 4.69) is 20.6 Å². The summed E-state index contributed by atoms with van der Waals surface area (Å²) in [6.07, 6.45) is 6.72. The molecular weight excluding hydrogens is 376 g/mol. The highest BCUT2D eigenvalue weighted by Gasteiger charge is 2.08. The van der Waals surface area contributed by atoms with Crippen LogP contribution in [0.4, 0.5) is 11.4 Å². The molecule has 0 spiro atoms. The second-order valence-corrected chi connectivity index (χ2v) is 6.56. The van der Waals surface area contributed by atoms with Crippen molar-refractivity contribution in [3.63, 3.8) is 0 Å². The summed E-state index contributed by atoms with van der Waals surface area (Å²) in [7, 11) is 0. The summed E-state index contributed by atoms with van der Waals surface area (Å²) in [6, 6.07) is 22.4. The lowest BCUT2D eigenvalue weighted by Gasteiger charge is -2.10. The molecule has 0 unspecified atom stereocenters. The van der Waals surface area contributed by atoms with Crippen molar-refractivity contribution in [2.75, 3.05) is 10.6 Å². The van der Waals surface area contributed by atoms with E-state index in [1.54, 1.807) is 43.0 Å². The number of nitrogens with zero attached hydrogens (tertiary/aromatic N) is 2. The van der Waals surface area contributed by atoms with Gasteiger partial charge in [-0.3, -0.25) is 14.8 Å². The van der Waals surface area contributed by atoms with Gasteiger partial charge in [-0.15, -0.1) is 0 Å². The lowest BCUT2D eigenvalue weighted by atomic mass is 10.2. The van der Waals surface area contributed by atoms with Gasteiger partial charge in [0.2, 0.25) is 0 Å². The van der Waals surface area contributed by atoms with Crippen LogP contribution < -0.4 is 15.4 Å². The Kier molecular flexibility index (Phi) is 5.96. The molecule has 0 saturated heterocycles. The molecule has 0 aliphatic rings. The molecule has 2 aromatic carbocycles. The van der Waals surface area contributed by atoms with Crippen molar-refractivity contribution in [1.29, 1.82) is 0 Å². The van der Waals surface area contributed by atoms with Crippen LogP contribution >= 0.6 is 0 Å². The normalized spacial score (nSPS) is 10.3. The number of rotatable bonds is 7. The summed E-state index contributed by atoms with van der Waals surface area (Å²) in [6.45, 7) is 0.623. The van der Waals surface area contributed by atoms with E-state index in [1.807, 2.05) is 54.6 Å². The van der Waals surface area contributed by atoms with Gasteiger partial charge < -0.3 is 15.4 Å². The van der Waals surface area contributed by atoms with Crippen molar-refractivity contribution in [2.24, 2.45) is 0 Å². The highest BCUT2D eigenvalue weighted by atomic mass is 16.5. The van der Waals surface area contributed by atoms with E-state index in [0.717, 1.165) is 17.0 Å². The van der Waals surface area contributed by atoms with Crippen molar-refractivity contribution in [3.8, 4) is 11.5 Å². The Bertz CT molecular complexity index is 1100. The van der Waals surface area contributed by atoms with Gasteiger partial charge in [0.05, 0.1) is 11.3 Å². The first-order chi connectivity index (χ1) is 14.8. The van der Waals surface area contributed by atoms with E-state index in [-0.39, 0.29) is 5.91 Å². The van der Waals surface area contributed by atoms with E-state index in [1.165, 1.54) is 0 Å². The summed E-state index contributed by atoms with van der Waals surface area (Å²) in [5, 5.41) is 6.14. The van der Waals surface area contributed by atoms with Gasteiger partial charge >= 0.3 is 0 Å². The maximum atomic E-state index is 12.6. The van der Waals surface area contributed by atoms with E-state index in [4.69, 9.17) is 4.74 Å². The SMILES string of the molecule is O=C(Nc1ccc(Oc2ccccc2)cc1)c1cncc(NCc2ccncc2)c1. The van der Waals surface area contributed by atoms with Crippen LogP contribution in [0.1, 0.15) is 15.9 Å². The van der Waals surface area contributed by atoms with Gasteiger partial charge in [0.1, 0.15) is 11.5 Å². The first-order valence-electron chi connectivity index (χ1n) is 9.48. The number of benzene rings is 2. The zero-order chi connectivity index (χ0) is 20.6. The second kappa shape index (κ2) is 9.34. The lowest BCUT2D eigenvalue weighted by molar-refractivity contribution is 0.102. The van der Waals surface area contributed by atoms with Crippen molar-refractivity contribution in [1.82, 2.24) is 9.97 Å². The van der Waals surface area contributed by atoms with Crippen LogP contribution in [0.15, 0.2) is 97.6 Å². The largest absolute Gasteiger partial charge is 0.457 e. The van der Waals surface area contributed by atoms with Gasteiger partial charge in [0.25, 0.3) is 5.91 Å². The molecule has 2 aromatic heterocycles. The topological polar surface area (TPSA) is 76.1 Å². The monoisotopic (exact) mass is 396 g/mol. The molecule has 0 aliphatic heterocycles. The molecule has 6 nitrogen and oxygen atoms in total. The number of hydrogen-bond donors (Lipinski definition) is 2. The average molecular weight is 396 g/mol. The molecule has 1 amide bonds. The van der Waals surface area contributed by atoms with Crippen molar-refractivity contribution in [2.45, 2.75) is 6.54 Å². The Morgan fingerprint density at radius 2 is 1.53 bits per heavy atom. The molecule has 30 heavy (non-hydrogen) atoms. The van der Waals surface area contributed by atoms with Gasteiger partial charge in [0.15, 0.2) is 0 Å². The van der Waals surface area contributed by atoms with Gasteiger partial charge in [-0.2, -0.15) is 0 Å². The standard InChI is InChI=1S/C24H20N4O2/c29-24(19-14-21(17-26-16-19)27-15-18-10-12-25-13-11-18)28-20-6-8-23(9-7-20)30-22-4-2-1-3-5-22/h1-14,16-17,27H,15H2,(H,28,29). The number of aromatic nitrogens is 2. The fourth-order valence-electron chi connectivity index (χ4n) is 2.80. The van der Waals surface area contributed by atoms with Crippen LogP contribution in [0.2, 0.25) is 0 Å². The van der Waals surface area contributed by atoms with Crippen LogP contribution in [0, 0.1) is 0 Å². The van der Waals surface area contributed by atoms with E-state index in [9.17, 15) is 4.79 Å². The van der Waals surface area contributed by atoms with Crippen molar-refractivity contribution < 1.29 is 9.53 Å². The summed E-state index contributed by atoms with van der Waals surface area (Å²) < 4.78 is 5.77. The number of carbonyl (C=O) groups is 1. The van der Waals surface area contributed by atoms with E-state index >= 15 is 0 Å². The molecule has 4 aromatic rings. The Hall–Kier alpha value is -4.19. The summed E-state index contributed by atoms with van der Waals surface area (Å²) in [5.74, 6) is 1.23. The number of pyridine rings is 2. The maximum Gasteiger partial charge on any atom is 0.257 e. The third-order valence-corrected chi connectivity index (χ3v) is 4.34. The Labute approximate surface area is 174 Å². The molecule has 0 aliphatic carbocycles. The minimum Gasteiger partial charge on any atom is -0.457 e. The molecule has 0 fully saturated rings. The van der Waals surface area contributed by atoms with Gasteiger partial charge in [0, 0.05) is 37.0 Å². The molecule has 0 atom stereocenters.